The average Bonchev–Trinajstić information content (AvgIpc) is 2.96. The molecule has 0 aromatic heterocycles. The van der Waals surface area contributed by atoms with Crippen LogP contribution in [-0.2, 0) is 11.3 Å². The number of nitrogens with zero attached hydrogens (tertiary/aromatic N) is 1. The lowest BCUT2D eigenvalue weighted by Crippen LogP contribution is -2.38. The van der Waals surface area contributed by atoms with Crippen molar-refractivity contribution in [2.75, 3.05) is 33.4 Å². The molecule has 1 N–H and O–H groups in total. The summed E-state index contributed by atoms with van der Waals surface area (Å²) in [5, 5.41) is 3.17. The first-order valence-electron chi connectivity index (χ1n) is 10.3. The van der Waals surface area contributed by atoms with E-state index in [0.717, 1.165) is 38.1 Å². The van der Waals surface area contributed by atoms with Crippen LogP contribution in [0.2, 0.25) is 0 Å². The molecule has 0 bridgehead atoms. The molecule has 1 amide bonds. The largest absolute Gasteiger partial charge is 0.384 e. The molecule has 1 aliphatic carbocycles. The van der Waals surface area contributed by atoms with Crippen LogP contribution >= 0.6 is 0 Å². The number of nitrogens with one attached hydrogen (secondary N) is 1. The molecule has 1 aliphatic heterocycles. The van der Waals surface area contributed by atoms with Gasteiger partial charge in [-0.1, -0.05) is 37.8 Å². The van der Waals surface area contributed by atoms with Crippen molar-refractivity contribution in [2.24, 2.45) is 5.41 Å². The quantitative estimate of drug-likeness (QED) is 0.801. The highest BCUT2D eigenvalue weighted by atomic mass is 16.5. The predicted octanol–water partition coefficient (Wildman–Crippen LogP) is 4.00. The summed E-state index contributed by atoms with van der Waals surface area (Å²) >= 11 is 0. The molecule has 2 fully saturated rings. The summed E-state index contributed by atoms with van der Waals surface area (Å²) in [5.74, 6) is 0.0464. The van der Waals surface area contributed by atoms with Crippen LogP contribution in [0.1, 0.15) is 67.3 Å². The molecular weight excluding hydrogens is 324 g/mol. The van der Waals surface area contributed by atoms with E-state index in [0.29, 0.717) is 0 Å². The highest BCUT2D eigenvalue weighted by molar-refractivity contribution is 5.94. The average molecular weight is 359 g/mol. The normalized spacial score (nSPS) is 20.7. The van der Waals surface area contributed by atoms with Crippen molar-refractivity contribution in [2.45, 2.75) is 57.9 Å². The molecule has 1 aromatic rings. The molecule has 4 heteroatoms. The van der Waals surface area contributed by atoms with E-state index < -0.39 is 0 Å². The van der Waals surface area contributed by atoms with Crippen molar-refractivity contribution in [1.82, 2.24) is 10.2 Å². The number of hydrogen-bond donors (Lipinski definition) is 1. The smallest absolute Gasteiger partial charge is 0.251 e. The van der Waals surface area contributed by atoms with Crippen LogP contribution in [0.3, 0.4) is 0 Å². The van der Waals surface area contributed by atoms with Gasteiger partial charge in [0.1, 0.15) is 0 Å². The van der Waals surface area contributed by atoms with Crippen molar-refractivity contribution in [3.05, 3.63) is 35.4 Å². The Bertz CT molecular complexity index is 573. The standard InChI is InChI=1S/C22H34N2O2/c1-26-18-22(11-4-5-12-22)17-23-21(25)20-10-8-9-19(15-20)16-24-13-6-2-3-7-14-24/h8-10,15H,2-7,11-14,16-18H2,1H3,(H,23,25). The summed E-state index contributed by atoms with van der Waals surface area (Å²) in [4.78, 5) is 15.2. The second-order valence-electron chi connectivity index (χ2n) is 8.21. The van der Waals surface area contributed by atoms with Crippen molar-refractivity contribution >= 4 is 5.91 Å². The van der Waals surface area contributed by atoms with Gasteiger partial charge in [0.05, 0.1) is 6.61 Å². The van der Waals surface area contributed by atoms with E-state index in [-0.39, 0.29) is 11.3 Å². The zero-order valence-electron chi connectivity index (χ0n) is 16.3. The third-order valence-electron chi connectivity index (χ3n) is 6.03. The molecule has 2 aliphatic rings. The van der Waals surface area contributed by atoms with Gasteiger partial charge in [0, 0.05) is 31.2 Å². The molecule has 0 unspecified atom stereocenters. The molecule has 1 saturated heterocycles. The van der Waals surface area contributed by atoms with E-state index in [9.17, 15) is 4.79 Å². The Morgan fingerprint density at radius 2 is 1.85 bits per heavy atom. The third kappa shape index (κ3) is 5.31. The first-order valence-corrected chi connectivity index (χ1v) is 10.3. The van der Waals surface area contributed by atoms with Crippen molar-refractivity contribution in [3.63, 3.8) is 0 Å². The highest BCUT2D eigenvalue weighted by Gasteiger charge is 2.34. The molecule has 1 heterocycles. The van der Waals surface area contributed by atoms with Gasteiger partial charge in [0.25, 0.3) is 5.91 Å². The maximum absolute atomic E-state index is 12.7. The fraction of sp³-hybridized carbons (Fsp3) is 0.682. The van der Waals surface area contributed by atoms with Gasteiger partial charge >= 0.3 is 0 Å². The van der Waals surface area contributed by atoms with Gasteiger partial charge in [-0.3, -0.25) is 9.69 Å². The molecule has 1 saturated carbocycles. The van der Waals surface area contributed by atoms with Crippen molar-refractivity contribution in [3.8, 4) is 0 Å². The number of carbonyl (C=O) groups is 1. The van der Waals surface area contributed by atoms with Crippen LogP contribution in [-0.4, -0.2) is 44.2 Å². The number of ether oxygens (including phenoxy) is 1. The zero-order chi connectivity index (χ0) is 18.2. The molecule has 1 aromatic carbocycles. The maximum Gasteiger partial charge on any atom is 0.251 e. The summed E-state index contributed by atoms with van der Waals surface area (Å²) in [6, 6.07) is 8.16. The Labute approximate surface area is 158 Å². The number of hydrogen-bond acceptors (Lipinski definition) is 3. The van der Waals surface area contributed by atoms with E-state index in [4.69, 9.17) is 4.74 Å². The second kappa shape index (κ2) is 9.52. The number of carbonyl (C=O) groups excluding carboxylic acids is 1. The molecule has 0 radical (unpaired) electrons. The van der Waals surface area contributed by atoms with Gasteiger partial charge < -0.3 is 10.1 Å². The Morgan fingerprint density at radius 1 is 1.12 bits per heavy atom. The molecular formula is C22H34N2O2. The lowest BCUT2D eigenvalue weighted by atomic mass is 9.87. The van der Waals surface area contributed by atoms with E-state index in [1.54, 1.807) is 7.11 Å². The fourth-order valence-electron chi connectivity index (χ4n) is 4.54. The van der Waals surface area contributed by atoms with Crippen LogP contribution in [0.25, 0.3) is 0 Å². The predicted molar refractivity (Wildman–Crippen MR) is 105 cm³/mol. The number of methoxy groups -OCH3 is 1. The SMILES string of the molecule is COCC1(CNC(=O)c2cccc(CN3CCCCCC3)c2)CCCC1. The van der Waals surface area contributed by atoms with Crippen LogP contribution in [0, 0.1) is 5.41 Å². The Balaban J connectivity index is 1.57. The van der Waals surface area contributed by atoms with Crippen LogP contribution in [0.15, 0.2) is 24.3 Å². The van der Waals surface area contributed by atoms with Crippen LogP contribution in [0.5, 0.6) is 0 Å². The lowest BCUT2D eigenvalue weighted by molar-refractivity contribution is 0.0740. The number of benzene rings is 1. The van der Waals surface area contributed by atoms with E-state index >= 15 is 0 Å². The van der Waals surface area contributed by atoms with Crippen molar-refractivity contribution < 1.29 is 9.53 Å². The molecule has 0 atom stereocenters. The first kappa shape index (κ1) is 19.4. The molecule has 0 spiro atoms. The Morgan fingerprint density at radius 3 is 2.54 bits per heavy atom. The Hall–Kier alpha value is -1.39. The second-order valence-corrected chi connectivity index (χ2v) is 8.21. The number of amides is 1. The van der Waals surface area contributed by atoms with E-state index in [1.807, 2.05) is 12.1 Å². The van der Waals surface area contributed by atoms with Crippen molar-refractivity contribution in [1.29, 1.82) is 0 Å². The van der Waals surface area contributed by atoms with Gasteiger partial charge in [0.2, 0.25) is 0 Å². The van der Waals surface area contributed by atoms with Gasteiger partial charge in [-0.2, -0.15) is 0 Å². The van der Waals surface area contributed by atoms with Gasteiger partial charge in [-0.15, -0.1) is 0 Å². The summed E-state index contributed by atoms with van der Waals surface area (Å²) < 4.78 is 5.42. The van der Waals surface area contributed by atoms with E-state index in [2.05, 4.69) is 22.3 Å². The summed E-state index contributed by atoms with van der Waals surface area (Å²) in [6.07, 6.45) is 10.1. The maximum atomic E-state index is 12.7. The summed E-state index contributed by atoms with van der Waals surface area (Å²) in [6.45, 7) is 4.76. The minimum Gasteiger partial charge on any atom is -0.384 e. The third-order valence-corrected chi connectivity index (χ3v) is 6.03. The van der Waals surface area contributed by atoms with Gasteiger partial charge in [-0.25, -0.2) is 0 Å². The molecule has 3 rings (SSSR count). The van der Waals surface area contributed by atoms with Gasteiger partial charge in [-0.05, 0) is 56.5 Å². The fourth-order valence-corrected chi connectivity index (χ4v) is 4.54. The minimum absolute atomic E-state index is 0.0464. The highest BCUT2D eigenvalue weighted by Crippen LogP contribution is 2.37. The summed E-state index contributed by atoms with van der Waals surface area (Å²) in [5.41, 5.74) is 2.16. The summed E-state index contributed by atoms with van der Waals surface area (Å²) in [7, 11) is 1.76. The Kier molecular flexibility index (Phi) is 7.09. The lowest BCUT2D eigenvalue weighted by Gasteiger charge is -2.28. The monoisotopic (exact) mass is 358 g/mol. The van der Waals surface area contributed by atoms with Crippen LogP contribution in [0.4, 0.5) is 0 Å². The molecule has 144 valence electrons. The topological polar surface area (TPSA) is 41.6 Å². The van der Waals surface area contributed by atoms with Gasteiger partial charge in [0.15, 0.2) is 0 Å². The minimum atomic E-state index is 0.0464. The zero-order valence-corrected chi connectivity index (χ0v) is 16.3. The molecule has 4 nitrogen and oxygen atoms in total. The number of likely N-dealkylation sites (tertiary alicyclic amines) is 1. The van der Waals surface area contributed by atoms with E-state index in [1.165, 1.54) is 57.2 Å². The number of rotatable bonds is 7. The van der Waals surface area contributed by atoms with Crippen LogP contribution < -0.4 is 5.32 Å². The first-order chi connectivity index (χ1) is 12.7. The molecule has 26 heavy (non-hydrogen) atoms.